The molecule has 2 saturated heterocycles. The van der Waals surface area contributed by atoms with Crippen molar-refractivity contribution < 1.29 is 4.39 Å². The molecule has 0 atom stereocenters. The predicted molar refractivity (Wildman–Crippen MR) is 161 cm³/mol. The fourth-order valence-corrected chi connectivity index (χ4v) is 5.28. The van der Waals surface area contributed by atoms with Crippen LogP contribution >= 0.6 is 11.6 Å². The lowest BCUT2D eigenvalue weighted by atomic mass is 10.1. The van der Waals surface area contributed by atoms with Crippen LogP contribution in [0.1, 0.15) is 44.6 Å². The minimum absolute atomic E-state index is 0.211. The summed E-state index contributed by atoms with van der Waals surface area (Å²) in [6.07, 6.45) is 7.74. The number of hydrogen-bond donors (Lipinski definition) is 0. The Bertz CT molecular complexity index is 1260. The molecule has 2 aromatic carbocycles. The van der Waals surface area contributed by atoms with E-state index in [0.717, 1.165) is 48.0 Å². The van der Waals surface area contributed by atoms with Crippen LogP contribution in [0.25, 0.3) is 28.2 Å². The maximum Gasteiger partial charge on any atom is 0.147 e. The minimum Gasteiger partial charge on any atom is -0.373 e. The molecule has 0 saturated carbocycles. The van der Waals surface area contributed by atoms with Gasteiger partial charge in [0.25, 0.3) is 0 Å². The summed E-state index contributed by atoms with van der Waals surface area (Å²) in [7, 11) is 2.19. The Balaban J connectivity index is 0.000000219. The zero-order valence-corrected chi connectivity index (χ0v) is 23.6. The van der Waals surface area contributed by atoms with Gasteiger partial charge in [-0.2, -0.15) is 0 Å². The van der Waals surface area contributed by atoms with Gasteiger partial charge in [0.1, 0.15) is 5.82 Å². The van der Waals surface area contributed by atoms with Gasteiger partial charge in [-0.3, -0.25) is 0 Å². The minimum atomic E-state index is -0.211. The summed E-state index contributed by atoms with van der Waals surface area (Å²) in [5.41, 5.74) is 5.17. The number of halogens is 2. The van der Waals surface area contributed by atoms with Gasteiger partial charge in [0.15, 0.2) is 0 Å². The van der Waals surface area contributed by atoms with Crippen molar-refractivity contribution in [1.82, 2.24) is 14.8 Å². The zero-order chi connectivity index (χ0) is 27.1. The lowest BCUT2D eigenvalue weighted by Crippen LogP contribution is -2.43. The second kappa shape index (κ2) is 13.3. The summed E-state index contributed by atoms with van der Waals surface area (Å²) in [6.45, 7) is 16.7. The quantitative estimate of drug-likeness (QED) is 0.307. The van der Waals surface area contributed by atoms with Crippen LogP contribution < -0.4 is 4.90 Å². The van der Waals surface area contributed by atoms with E-state index in [9.17, 15) is 4.39 Å². The van der Waals surface area contributed by atoms with Gasteiger partial charge in [0.2, 0.25) is 0 Å². The maximum absolute atomic E-state index is 14.6. The largest absolute Gasteiger partial charge is 0.373 e. The molecular formula is C32H40ClFN4. The van der Waals surface area contributed by atoms with Crippen LogP contribution in [0.2, 0.25) is 5.02 Å². The third kappa shape index (κ3) is 6.95. The number of aromatic nitrogens is 1. The Labute approximate surface area is 232 Å². The summed E-state index contributed by atoms with van der Waals surface area (Å²) in [5.74, 6) is -0.211. The highest BCUT2D eigenvalue weighted by Gasteiger charge is 2.17. The van der Waals surface area contributed by atoms with Crippen LogP contribution in [0.5, 0.6) is 0 Å². The summed E-state index contributed by atoms with van der Waals surface area (Å²) < 4.78 is 14.6. The molecule has 3 heterocycles. The van der Waals surface area contributed by atoms with E-state index in [1.54, 1.807) is 18.2 Å². The van der Waals surface area contributed by atoms with Crippen molar-refractivity contribution in [2.45, 2.75) is 39.0 Å². The molecule has 3 aromatic rings. The number of pyridine rings is 1. The van der Waals surface area contributed by atoms with Crippen molar-refractivity contribution in [1.29, 1.82) is 0 Å². The molecule has 0 N–H and O–H groups in total. The Morgan fingerprint density at radius 3 is 2.42 bits per heavy atom. The van der Waals surface area contributed by atoms with Crippen molar-refractivity contribution >= 4 is 34.3 Å². The number of anilines is 1. The van der Waals surface area contributed by atoms with E-state index >= 15 is 0 Å². The van der Waals surface area contributed by atoms with E-state index < -0.39 is 0 Å². The molecule has 38 heavy (non-hydrogen) atoms. The maximum atomic E-state index is 14.6. The van der Waals surface area contributed by atoms with Crippen LogP contribution in [0.3, 0.4) is 0 Å². The van der Waals surface area contributed by atoms with Crippen molar-refractivity contribution in [3.8, 4) is 11.3 Å². The number of unbranched alkanes of at least 4 members (excludes halogenated alkanes) is 1. The van der Waals surface area contributed by atoms with Crippen molar-refractivity contribution in [3.05, 3.63) is 77.7 Å². The Morgan fingerprint density at radius 1 is 1.03 bits per heavy atom. The highest BCUT2D eigenvalue weighted by Crippen LogP contribution is 2.32. The number of piperazine rings is 1. The fourth-order valence-electron chi connectivity index (χ4n) is 5.02. The fraction of sp³-hybridized carbons (Fsp3) is 0.406. The first-order valence-corrected chi connectivity index (χ1v) is 14.2. The highest BCUT2D eigenvalue weighted by molar-refractivity contribution is 6.35. The molecule has 6 heteroatoms. The standard InChI is InChI=1S/C21H18ClFN2.C11H22N2/c1-2-14-5-7-16-17(22)13-19(24-20(16)11-14)15-6-8-21(18(23)12-15)25-9-3-4-10-25;1-4-5-6-11(2)13-9-7-12(3)8-10-13/h2,5-8,11-13H,1,3-4,9-10H2;2,4-10H2,1,3H3. The molecule has 0 aliphatic carbocycles. The van der Waals surface area contributed by atoms with Gasteiger partial charge in [0, 0.05) is 55.9 Å². The number of allylic oxidation sites excluding steroid dienone is 1. The number of benzene rings is 2. The predicted octanol–water partition coefficient (Wildman–Crippen LogP) is 7.88. The van der Waals surface area contributed by atoms with Crippen LogP contribution in [0.15, 0.2) is 61.3 Å². The third-order valence-electron chi connectivity index (χ3n) is 7.48. The van der Waals surface area contributed by atoms with Gasteiger partial charge in [-0.05, 0) is 62.6 Å². The number of likely N-dealkylation sites (N-methyl/N-ethyl adjacent to an activating group) is 1. The number of fused-ring (bicyclic) bond motifs is 1. The lowest BCUT2D eigenvalue weighted by molar-refractivity contribution is 0.182. The third-order valence-corrected chi connectivity index (χ3v) is 7.79. The molecule has 2 aliphatic heterocycles. The van der Waals surface area contributed by atoms with Crippen LogP contribution in [0.4, 0.5) is 10.1 Å². The molecule has 0 unspecified atom stereocenters. The molecule has 5 rings (SSSR count). The first kappa shape index (κ1) is 28.1. The number of hydrogen-bond acceptors (Lipinski definition) is 4. The summed E-state index contributed by atoms with van der Waals surface area (Å²) in [5, 5.41) is 1.49. The number of nitrogens with zero attached hydrogens (tertiary/aromatic N) is 4. The van der Waals surface area contributed by atoms with E-state index in [1.165, 1.54) is 51.1 Å². The average Bonchev–Trinajstić information content (AvgIpc) is 3.47. The Hall–Kier alpha value is -2.89. The smallest absolute Gasteiger partial charge is 0.147 e. The van der Waals surface area contributed by atoms with Gasteiger partial charge in [-0.15, -0.1) is 0 Å². The normalized spacial score (nSPS) is 15.9. The summed E-state index contributed by atoms with van der Waals surface area (Å²) in [6, 6.07) is 12.9. The Kier molecular flexibility index (Phi) is 9.81. The van der Waals surface area contributed by atoms with E-state index in [1.807, 2.05) is 30.3 Å². The van der Waals surface area contributed by atoms with Gasteiger partial charge >= 0.3 is 0 Å². The van der Waals surface area contributed by atoms with Crippen molar-refractivity contribution in [2.75, 3.05) is 51.2 Å². The lowest BCUT2D eigenvalue weighted by Gasteiger charge is -2.35. The molecule has 0 bridgehead atoms. The molecule has 2 aliphatic rings. The topological polar surface area (TPSA) is 22.6 Å². The monoisotopic (exact) mass is 534 g/mol. The molecule has 2 fully saturated rings. The molecule has 0 spiro atoms. The molecule has 4 nitrogen and oxygen atoms in total. The van der Waals surface area contributed by atoms with Crippen LogP contribution in [-0.4, -0.2) is 61.1 Å². The summed E-state index contributed by atoms with van der Waals surface area (Å²) >= 11 is 6.41. The van der Waals surface area contributed by atoms with Gasteiger partial charge in [0.05, 0.1) is 21.9 Å². The van der Waals surface area contributed by atoms with Gasteiger partial charge in [-0.25, -0.2) is 9.37 Å². The van der Waals surface area contributed by atoms with E-state index in [4.69, 9.17) is 11.6 Å². The van der Waals surface area contributed by atoms with E-state index in [-0.39, 0.29) is 5.82 Å². The molecular weight excluding hydrogens is 495 g/mol. The molecule has 0 radical (unpaired) electrons. The molecule has 1 aromatic heterocycles. The molecule has 0 amide bonds. The molecule has 202 valence electrons. The Morgan fingerprint density at radius 2 is 1.76 bits per heavy atom. The van der Waals surface area contributed by atoms with Gasteiger partial charge in [-0.1, -0.05) is 62.4 Å². The van der Waals surface area contributed by atoms with Crippen molar-refractivity contribution in [3.63, 3.8) is 0 Å². The van der Waals surface area contributed by atoms with Crippen molar-refractivity contribution in [2.24, 2.45) is 0 Å². The SMILES string of the molecule is C=C(CCCC)N1CCN(C)CC1.C=Cc1ccc2c(Cl)cc(-c3ccc(N4CCCC4)c(F)c3)nc2c1. The first-order chi connectivity index (χ1) is 18.4. The van der Waals surface area contributed by atoms with E-state index in [0.29, 0.717) is 16.4 Å². The van der Waals surface area contributed by atoms with Crippen LogP contribution in [-0.2, 0) is 0 Å². The van der Waals surface area contributed by atoms with Gasteiger partial charge < -0.3 is 14.7 Å². The van der Waals surface area contributed by atoms with E-state index in [2.05, 4.69) is 46.8 Å². The second-order valence-electron chi connectivity index (χ2n) is 10.3. The second-order valence-corrected chi connectivity index (χ2v) is 10.7. The number of rotatable bonds is 7. The highest BCUT2D eigenvalue weighted by atomic mass is 35.5. The average molecular weight is 535 g/mol. The van der Waals surface area contributed by atoms with Crippen LogP contribution in [0, 0.1) is 5.82 Å². The zero-order valence-electron chi connectivity index (χ0n) is 22.9. The summed E-state index contributed by atoms with van der Waals surface area (Å²) in [4.78, 5) is 11.6. The first-order valence-electron chi connectivity index (χ1n) is 13.8.